The van der Waals surface area contributed by atoms with E-state index in [1.807, 2.05) is 16.7 Å². The van der Waals surface area contributed by atoms with Crippen LogP contribution in [-0.4, -0.2) is 53.3 Å². The Balaban J connectivity index is 1.77. The van der Waals surface area contributed by atoms with E-state index in [0.29, 0.717) is 17.8 Å². The van der Waals surface area contributed by atoms with Gasteiger partial charge in [0.2, 0.25) is 0 Å². The molecule has 0 bridgehead atoms. The SMILES string of the molecule is CSC1CCC(NC(=O)N2CCCC(CO)C2)C1. The number of amides is 2. The molecule has 3 atom stereocenters. The Morgan fingerprint density at radius 3 is 2.94 bits per heavy atom. The maximum Gasteiger partial charge on any atom is 0.317 e. The van der Waals surface area contributed by atoms with Crippen molar-refractivity contribution >= 4 is 17.8 Å². The Kier molecular flexibility index (Phi) is 5.18. The van der Waals surface area contributed by atoms with E-state index in [0.717, 1.165) is 32.2 Å². The summed E-state index contributed by atoms with van der Waals surface area (Å²) in [6.45, 7) is 1.74. The van der Waals surface area contributed by atoms with Crippen LogP contribution in [0.2, 0.25) is 0 Å². The van der Waals surface area contributed by atoms with Crippen LogP contribution in [0.4, 0.5) is 4.79 Å². The standard InChI is InChI=1S/C13H24N2O2S/c1-18-12-5-4-11(7-12)14-13(17)15-6-2-3-10(8-15)9-16/h10-12,16H,2-9H2,1H3,(H,14,17). The van der Waals surface area contributed by atoms with E-state index >= 15 is 0 Å². The molecule has 2 rings (SSSR count). The molecule has 1 saturated carbocycles. The number of rotatable bonds is 3. The molecule has 18 heavy (non-hydrogen) atoms. The van der Waals surface area contributed by atoms with Crippen LogP contribution in [-0.2, 0) is 0 Å². The molecule has 1 saturated heterocycles. The van der Waals surface area contributed by atoms with Gasteiger partial charge in [-0.2, -0.15) is 11.8 Å². The number of carbonyl (C=O) groups is 1. The lowest BCUT2D eigenvalue weighted by molar-refractivity contribution is 0.128. The van der Waals surface area contributed by atoms with E-state index in [1.54, 1.807) is 0 Å². The molecule has 0 spiro atoms. The molecule has 3 unspecified atom stereocenters. The normalized spacial score (nSPS) is 32.6. The minimum Gasteiger partial charge on any atom is -0.396 e. The van der Waals surface area contributed by atoms with Gasteiger partial charge in [0.25, 0.3) is 0 Å². The highest BCUT2D eigenvalue weighted by Gasteiger charge is 2.28. The third-order valence-electron chi connectivity index (χ3n) is 4.11. The maximum absolute atomic E-state index is 12.1. The van der Waals surface area contributed by atoms with Gasteiger partial charge < -0.3 is 15.3 Å². The third kappa shape index (κ3) is 3.54. The predicted molar refractivity (Wildman–Crippen MR) is 74.9 cm³/mol. The molecule has 4 nitrogen and oxygen atoms in total. The zero-order valence-corrected chi connectivity index (χ0v) is 11.9. The Labute approximate surface area is 113 Å². The number of thioether (sulfide) groups is 1. The molecule has 1 aliphatic heterocycles. The Morgan fingerprint density at radius 2 is 2.28 bits per heavy atom. The van der Waals surface area contributed by atoms with Gasteiger partial charge in [0.15, 0.2) is 0 Å². The predicted octanol–water partition coefficient (Wildman–Crippen LogP) is 1.68. The molecule has 5 heteroatoms. The summed E-state index contributed by atoms with van der Waals surface area (Å²) in [4.78, 5) is 14.0. The Hall–Kier alpha value is -0.420. The quantitative estimate of drug-likeness (QED) is 0.822. The first-order valence-corrected chi connectivity index (χ1v) is 8.20. The summed E-state index contributed by atoms with van der Waals surface area (Å²) in [6.07, 6.45) is 7.62. The average molecular weight is 272 g/mol. The van der Waals surface area contributed by atoms with Crippen LogP contribution >= 0.6 is 11.8 Å². The maximum atomic E-state index is 12.1. The van der Waals surface area contributed by atoms with Crippen LogP contribution in [0.25, 0.3) is 0 Å². The van der Waals surface area contributed by atoms with Crippen LogP contribution in [0.15, 0.2) is 0 Å². The van der Waals surface area contributed by atoms with E-state index in [1.165, 1.54) is 6.42 Å². The fraction of sp³-hybridized carbons (Fsp3) is 0.923. The number of aliphatic hydroxyl groups excluding tert-OH is 1. The number of likely N-dealkylation sites (tertiary alicyclic amines) is 1. The van der Waals surface area contributed by atoms with Crippen LogP contribution in [0.5, 0.6) is 0 Å². The number of hydrogen-bond donors (Lipinski definition) is 2. The number of nitrogens with zero attached hydrogens (tertiary/aromatic N) is 1. The fourth-order valence-electron chi connectivity index (χ4n) is 2.95. The molecular formula is C13H24N2O2S. The second-order valence-corrected chi connectivity index (χ2v) is 6.59. The molecule has 1 heterocycles. The summed E-state index contributed by atoms with van der Waals surface area (Å²) in [6, 6.07) is 0.421. The van der Waals surface area contributed by atoms with Gasteiger partial charge in [0.05, 0.1) is 0 Å². The smallest absolute Gasteiger partial charge is 0.317 e. The molecule has 0 aromatic carbocycles. The summed E-state index contributed by atoms with van der Waals surface area (Å²) in [5.41, 5.74) is 0. The number of piperidine rings is 1. The number of carbonyl (C=O) groups excluding carboxylic acids is 1. The van der Waals surface area contributed by atoms with Crippen molar-refractivity contribution in [1.82, 2.24) is 10.2 Å². The Bertz CT molecular complexity index is 288. The monoisotopic (exact) mass is 272 g/mol. The van der Waals surface area contributed by atoms with E-state index < -0.39 is 0 Å². The lowest BCUT2D eigenvalue weighted by Crippen LogP contribution is -2.48. The van der Waals surface area contributed by atoms with Crippen LogP contribution in [0.3, 0.4) is 0 Å². The lowest BCUT2D eigenvalue weighted by atomic mass is 9.99. The number of nitrogens with one attached hydrogen (secondary N) is 1. The van der Waals surface area contributed by atoms with E-state index in [2.05, 4.69) is 11.6 Å². The highest BCUT2D eigenvalue weighted by Crippen LogP contribution is 2.28. The topological polar surface area (TPSA) is 52.6 Å². The number of hydrogen-bond acceptors (Lipinski definition) is 3. The molecule has 1 aliphatic carbocycles. The molecule has 2 N–H and O–H groups in total. The largest absolute Gasteiger partial charge is 0.396 e. The molecule has 0 aromatic heterocycles. The first-order chi connectivity index (χ1) is 8.72. The van der Waals surface area contributed by atoms with Gasteiger partial charge in [-0.1, -0.05) is 0 Å². The van der Waals surface area contributed by atoms with Gasteiger partial charge in [0.1, 0.15) is 0 Å². The second kappa shape index (κ2) is 6.66. The molecular weight excluding hydrogens is 248 g/mol. The van der Waals surface area contributed by atoms with Crippen molar-refractivity contribution in [3.8, 4) is 0 Å². The van der Waals surface area contributed by atoms with Gasteiger partial charge in [0, 0.05) is 31.0 Å². The summed E-state index contributed by atoms with van der Waals surface area (Å²) in [7, 11) is 0. The van der Waals surface area contributed by atoms with Crippen LogP contribution in [0, 0.1) is 5.92 Å². The van der Waals surface area contributed by atoms with Crippen molar-refractivity contribution in [1.29, 1.82) is 0 Å². The zero-order valence-electron chi connectivity index (χ0n) is 11.1. The van der Waals surface area contributed by atoms with Crippen molar-refractivity contribution in [2.24, 2.45) is 5.92 Å². The third-order valence-corrected chi connectivity index (χ3v) is 5.20. The minimum absolute atomic E-state index is 0.0694. The lowest BCUT2D eigenvalue weighted by Gasteiger charge is -2.32. The fourth-order valence-corrected chi connectivity index (χ4v) is 3.75. The summed E-state index contributed by atoms with van der Waals surface area (Å²) in [5, 5.41) is 13.0. The number of urea groups is 1. The summed E-state index contributed by atoms with van der Waals surface area (Å²) >= 11 is 1.90. The van der Waals surface area contributed by atoms with Crippen molar-refractivity contribution in [2.45, 2.75) is 43.4 Å². The molecule has 2 fully saturated rings. The highest BCUT2D eigenvalue weighted by molar-refractivity contribution is 7.99. The minimum atomic E-state index is 0.0694. The first-order valence-electron chi connectivity index (χ1n) is 6.92. The number of aliphatic hydroxyl groups is 1. The van der Waals surface area contributed by atoms with Gasteiger partial charge >= 0.3 is 6.03 Å². The van der Waals surface area contributed by atoms with Crippen molar-refractivity contribution in [3.63, 3.8) is 0 Å². The van der Waals surface area contributed by atoms with E-state index in [9.17, 15) is 9.90 Å². The van der Waals surface area contributed by atoms with Crippen LogP contribution in [0.1, 0.15) is 32.1 Å². The summed E-state index contributed by atoms with van der Waals surface area (Å²) < 4.78 is 0. The van der Waals surface area contributed by atoms with Crippen molar-refractivity contribution in [2.75, 3.05) is 26.0 Å². The van der Waals surface area contributed by atoms with Crippen LogP contribution < -0.4 is 5.32 Å². The van der Waals surface area contributed by atoms with Gasteiger partial charge in [-0.3, -0.25) is 0 Å². The summed E-state index contributed by atoms with van der Waals surface area (Å²) in [5.74, 6) is 0.270. The second-order valence-electron chi connectivity index (χ2n) is 5.45. The molecule has 2 amide bonds. The molecule has 104 valence electrons. The molecule has 2 aliphatic rings. The molecule has 0 radical (unpaired) electrons. The zero-order chi connectivity index (χ0) is 13.0. The van der Waals surface area contributed by atoms with Crippen molar-refractivity contribution < 1.29 is 9.90 Å². The van der Waals surface area contributed by atoms with Crippen molar-refractivity contribution in [3.05, 3.63) is 0 Å². The first kappa shape index (κ1) is 14.0. The average Bonchev–Trinajstić information content (AvgIpc) is 2.86. The highest BCUT2D eigenvalue weighted by atomic mass is 32.2. The van der Waals surface area contributed by atoms with Gasteiger partial charge in [-0.15, -0.1) is 0 Å². The van der Waals surface area contributed by atoms with E-state index in [-0.39, 0.29) is 18.6 Å². The Morgan fingerprint density at radius 1 is 1.44 bits per heavy atom. The van der Waals surface area contributed by atoms with E-state index in [4.69, 9.17) is 0 Å². The molecule has 0 aromatic rings. The van der Waals surface area contributed by atoms with Gasteiger partial charge in [-0.25, -0.2) is 4.79 Å². The van der Waals surface area contributed by atoms with Gasteiger partial charge in [-0.05, 0) is 44.3 Å².